The van der Waals surface area contributed by atoms with E-state index in [9.17, 15) is 4.79 Å². The van der Waals surface area contributed by atoms with Crippen molar-refractivity contribution in [2.45, 2.75) is 6.04 Å². The largest absolute Gasteiger partial charge is 0.378 e. The van der Waals surface area contributed by atoms with Crippen molar-refractivity contribution in [1.82, 2.24) is 10.2 Å². The molecular formula is C17H23N3OS. The summed E-state index contributed by atoms with van der Waals surface area (Å²) in [5.74, 6) is -0.0351. The van der Waals surface area contributed by atoms with E-state index in [1.165, 1.54) is 4.88 Å². The molecular weight excluding hydrogens is 294 g/mol. The Labute approximate surface area is 136 Å². The van der Waals surface area contributed by atoms with Gasteiger partial charge >= 0.3 is 0 Å². The highest BCUT2D eigenvalue weighted by molar-refractivity contribution is 7.10. The summed E-state index contributed by atoms with van der Waals surface area (Å²) in [7, 11) is 8.00. The van der Waals surface area contributed by atoms with Crippen molar-refractivity contribution < 1.29 is 4.79 Å². The normalized spacial score (nSPS) is 12.2. The van der Waals surface area contributed by atoms with Crippen LogP contribution in [0.2, 0.25) is 0 Å². The van der Waals surface area contributed by atoms with Crippen molar-refractivity contribution in [1.29, 1.82) is 0 Å². The van der Waals surface area contributed by atoms with E-state index >= 15 is 0 Å². The first-order chi connectivity index (χ1) is 10.5. The van der Waals surface area contributed by atoms with E-state index in [-0.39, 0.29) is 11.9 Å². The van der Waals surface area contributed by atoms with Crippen molar-refractivity contribution in [2.75, 3.05) is 39.6 Å². The van der Waals surface area contributed by atoms with Crippen LogP contribution in [0.3, 0.4) is 0 Å². The Morgan fingerprint density at radius 2 is 1.95 bits per heavy atom. The maximum Gasteiger partial charge on any atom is 0.251 e. The minimum absolute atomic E-state index is 0.0351. The number of amides is 1. The van der Waals surface area contributed by atoms with Crippen LogP contribution in [0.5, 0.6) is 0 Å². The second-order valence-corrected chi connectivity index (χ2v) is 6.63. The molecule has 4 nitrogen and oxygen atoms in total. The second kappa shape index (κ2) is 7.42. The minimum Gasteiger partial charge on any atom is -0.378 e. The lowest BCUT2D eigenvalue weighted by molar-refractivity contribution is 0.0942. The van der Waals surface area contributed by atoms with Crippen LogP contribution in [0.1, 0.15) is 21.3 Å². The number of likely N-dealkylation sites (N-methyl/N-ethyl adjacent to an activating group) is 1. The Morgan fingerprint density at radius 3 is 2.55 bits per heavy atom. The summed E-state index contributed by atoms with van der Waals surface area (Å²) in [4.78, 5) is 17.7. The van der Waals surface area contributed by atoms with Gasteiger partial charge in [0.25, 0.3) is 5.91 Å². The van der Waals surface area contributed by atoms with Crippen LogP contribution in [0.4, 0.5) is 5.69 Å². The van der Waals surface area contributed by atoms with Gasteiger partial charge < -0.3 is 15.1 Å². The fourth-order valence-corrected chi connectivity index (χ4v) is 3.16. The van der Waals surface area contributed by atoms with Crippen LogP contribution in [0.25, 0.3) is 0 Å². The monoisotopic (exact) mass is 317 g/mol. The summed E-state index contributed by atoms with van der Waals surface area (Å²) in [5, 5.41) is 5.11. The van der Waals surface area contributed by atoms with Crippen LogP contribution in [0.15, 0.2) is 41.8 Å². The van der Waals surface area contributed by atoms with Gasteiger partial charge in [-0.05, 0) is 43.7 Å². The minimum atomic E-state index is -0.0351. The van der Waals surface area contributed by atoms with Gasteiger partial charge in [-0.15, -0.1) is 11.3 Å². The first-order valence-electron chi connectivity index (χ1n) is 7.24. The first kappa shape index (κ1) is 16.5. The summed E-state index contributed by atoms with van der Waals surface area (Å²) >= 11 is 1.71. The Balaban J connectivity index is 2.04. The topological polar surface area (TPSA) is 35.6 Å². The smallest absolute Gasteiger partial charge is 0.251 e. The molecule has 1 N–H and O–H groups in total. The molecule has 1 heterocycles. The third-order valence-electron chi connectivity index (χ3n) is 3.58. The van der Waals surface area contributed by atoms with E-state index in [1.807, 2.05) is 63.4 Å². The SMILES string of the molecule is CN(C)c1cccc(C(=O)NCC(c2cccs2)N(C)C)c1. The molecule has 1 atom stereocenters. The van der Waals surface area contributed by atoms with Gasteiger partial charge in [-0.3, -0.25) is 4.79 Å². The van der Waals surface area contributed by atoms with Gasteiger partial charge in [-0.2, -0.15) is 0 Å². The van der Waals surface area contributed by atoms with Gasteiger partial charge in [0.2, 0.25) is 0 Å². The molecule has 1 unspecified atom stereocenters. The fourth-order valence-electron chi connectivity index (χ4n) is 2.24. The molecule has 0 aliphatic rings. The average molecular weight is 317 g/mol. The van der Waals surface area contributed by atoms with Gasteiger partial charge in [0, 0.05) is 36.8 Å². The number of carbonyl (C=O) groups excluding carboxylic acids is 1. The van der Waals surface area contributed by atoms with Crippen LogP contribution in [0, 0.1) is 0 Å². The molecule has 22 heavy (non-hydrogen) atoms. The zero-order valence-electron chi connectivity index (χ0n) is 13.5. The second-order valence-electron chi connectivity index (χ2n) is 5.65. The van der Waals surface area contributed by atoms with Gasteiger partial charge in [-0.25, -0.2) is 0 Å². The summed E-state index contributed by atoms with van der Waals surface area (Å²) in [5.41, 5.74) is 1.71. The summed E-state index contributed by atoms with van der Waals surface area (Å²) in [6.07, 6.45) is 0. The highest BCUT2D eigenvalue weighted by Crippen LogP contribution is 2.22. The molecule has 0 aliphatic heterocycles. The first-order valence-corrected chi connectivity index (χ1v) is 8.12. The molecule has 5 heteroatoms. The molecule has 118 valence electrons. The average Bonchev–Trinajstić information content (AvgIpc) is 3.01. The predicted molar refractivity (Wildman–Crippen MR) is 93.8 cm³/mol. The van der Waals surface area contributed by atoms with E-state index in [2.05, 4.69) is 21.7 Å². The standard InChI is InChI=1S/C17H23N3OS/c1-19(2)14-8-5-7-13(11-14)17(21)18-12-15(20(3)4)16-9-6-10-22-16/h5-11,15H,12H2,1-4H3,(H,18,21). The number of nitrogens with zero attached hydrogens (tertiary/aromatic N) is 2. The fraction of sp³-hybridized carbons (Fsp3) is 0.353. The quantitative estimate of drug-likeness (QED) is 0.890. The Morgan fingerprint density at radius 1 is 1.18 bits per heavy atom. The predicted octanol–water partition coefficient (Wildman–Crippen LogP) is 2.85. The van der Waals surface area contributed by atoms with Gasteiger partial charge in [0.05, 0.1) is 6.04 Å². The molecule has 0 aliphatic carbocycles. The lowest BCUT2D eigenvalue weighted by atomic mass is 10.1. The molecule has 0 radical (unpaired) electrons. The highest BCUT2D eigenvalue weighted by atomic mass is 32.1. The van der Waals surface area contributed by atoms with E-state index in [1.54, 1.807) is 11.3 Å². The maximum absolute atomic E-state index is 12.4. The maximum atomic E-state index is 12.4. The molecule has 0 bridgehead atoms. The number of benzene rings is 1. The van der Waals surface area contributed by atoms with Crippen LogP contribution < -0.4 is 10.2 Å². The number of carbonyl (C=O) groups is 1. The van der Waals surface area contributed by atoms with Crippen molar-refractivity contribution in [3.63, 3.8) is 0 Å². The summed E-state index contributed by atoms with van der Waals surface area (Å²) in [6.45, 7) is 0.596. The number of hydrogen-bond donors (Lipinski definition) is 1. The lowest BCUT2D eigenvalue weighted by Crippen LogP contribution is -2.34. The highest BCUT2D eigenvalue weighted by Gasteiger charge is 2.16. The molecule has 2 aromatic rings. The molecule has 1 amide bonds. The van der Waals surface area contributed by atoms with E-state index in [0.29, 0.717) is 12.1 Å². The number of rotatable bonds is 6. The van der Waals surface area contributed by atoms with E-state index < -0.39 is 0 Å². The lowest BCUT2D eigenvalue weighted by Gasteiger charge is -2.23. The molecule has 0 saturated carbocycles. The van der Waals surface area contributed by atoms with Crippen LogP contribution in [-0.2, 0) is 0 Å². The molecule has 0 saturated heterocycles. The Bertz CT molecular complexity index is 608. The molecule has 0 spiro atoms. The van der Waals surface area contributed by atoms with E-state index in [0.717, 1.165) is 5.69 Å². The molecule has 1 aromatic heterocycles. The number of thiophene rings is 1. The molecule has 0 fully saturated rings. The van der Waals surface area contributed by atoms with Crippen molar-refractivity contribution in [3.8, 4) is 0 Å². The van der Waals surface area contributed by atoms with Crippen LogP contribution in [-0.4, -0.2) is 45.5 Å². The number of anilines is 1. The zero-order chi connectivity index (χ0) is 16.1. The van der Waals surface area contributed by atoms with Gasteiger partial charge in [0.1, 0.15) is 0 Å². The van der Waals surface area contributed by atoms with Gasteiger partial charge in [0.15, 0.2) is 0 Å². The number of nitrogens with one attached hydrogen (secondary N) is 1. The Hall–Kier alpha value is -1.85. The van der Waals surface area contributed by atoms with Gasteiger partial charge in [-0.1, -0.05) is 12.1 Å². The molecule has 2 rings (SSSR count). The third kappa shape index (κ3) is 4.08. The number of hydrogen-bond acceptors (Lipinski definition) is 4. The van der Waals surface area contributed by atoms with Crippen LogP contribution >= 0.6 is 11.3 Å². The Kier molecular flexibility index (Phi) is 5.57. The van der Waals surface area contributed by atoms with Crippen molar-refractivity contribution >= 4 is 22.9 Å². The zero-order valence-corrected chi connectivity index (χ0v) is 14.4. The van der Waals surface area contributed by atoms with Crippen molar-refractivity contribution in [3.05, 3.63) is 52.2 Å². The summed E-state index contributed by atoms with van der Waals surface area (Å²) in [6, 6.07) is 12.0. The molecule has 1 aromatic carbocycles. The van der Waals surface area contributed by atoms with Crippen molar-refractivity contribution in [2.24, 2.45) is 0 Å². The van der Waals surface area contributed by atoms with E-state index in [4.69, 9.17) is 0 Å². The third-order valence-corrected chi connectivity index (χ3v) is 4.55. The summed E-state index contributed by atoms with van der Waals surface area (Å²) < 4.78 is 0.